The van der Waals surface area contributed by atoms with Gasteiger partial charge in [0.15, 0.2) is 5.96 Å². The van der Waals surface area contributed by atoms with Crippen LogP contribution in [-0.2, 0) is 13.6 Å². The van der Waals surface area contributed by atoms with E-state index in [1.807, 2.05) is 30.8 Å². The fourth-order valence-electron chi connectivity index (χ4n) is 1.98. The van der Waals surface area contributed by atoms with Crippen molar-refractivity contribution in [2.24, 2.45) is 17.8 Å². The van der Waals surface area contributed by atoms with Gasteiger partial charge in [0.25, 0.3) is 0 Å². The lowest BCUT2D eigenvalue weighted by atomic mass is 10.1. The summed E-state index contributed by atoms with van der Waals surface area (Å²) in [5.74, 6) is 0.409. The monoisotopic (exact) mass is 271 g/mol. The number of nitrogens with zero attached hydrogens (tertiary/aromatic N) is 3. The largest absolute Gasteiger partial charge is 0.370 e. The van der Waals surface area contributed by atoms with Gasteiger partial charge in [0.05, 0.1) is 17.9 Å². The van der Waals surface area contributed by atoms with E-state index in [9.17, 15) is 0 Å². The molecule has 5 nitrogen and oxygen atoms in total. The molecular formula is C15H21N5. The molecule has 0 aliphatic carbocycles. The highest BCUT2D eigenvalue weighted by Crippen LogP contribution is 2.13. The van der Waals surface area contributed by atoms with Gasteiger partial charge < -0.3 is 11.1 Å². The van der Waals surface area contributed by atoms with Crippen molar-refractivity contribution in [3.63, 3.8) is 0 Å². The maximum absolute atomic E-state index is 5.91. The Balaban J connectivity index is 2.03. The van der Waals surface area contributed by atoms with Gasteiger partial charge in [-0.2, -0.15) is 5.10 Å². The third-order valence-corrected chi connectivity index (χ3v) is 3.29. The fourth-order valence-corrected chi connectivity index (χ4v) is 1.98. The van der Waals surface area contributed by atoms with Gasteiger partial charge >= 0.3 is 0 Å². The Morgan fingerprint density at radius 1 is 1.25 bits per heavy atom. The number of hydrogen-bond donors (Lipinski definition) is 2. The van der Waals surface area contributed by atoms with E-state index in [1.165, 1.54) is 11.1 Å². The number of nitrogens with two attached hydrogens (primary N) is 1. The quantitative estimate of drug-likeness (QED) is 0.664. The molecule has 3 N–H and O–H groups in total. The molecule has 0 saturated heterocycles. The number of rotatable bonds is 3. The van der Waals surface area contributed by atoms with Crippen molar-refractivity contribution in [2.75, 3.05) is 5.32 Å². The Morgan fingerprint density at radius 3 is 2.60 bits per heavy atom. The second-order valence-corrected chi connectivity index (χ2v) is 5.03. The second kappa shape index (κ2) is 5.77. The number of aliphatic imine (C=N–C) groups is 1. The molecule has 20 heavy (non-hydrogen) atoms. The number of anilines is 1. The minimum absolute atomic E-state index is 0.409. The van der Waals surface area contributed by atoms with Crippen LogP contribution in [0.1, 0.15) is 22.5 Å². The molecule has 0 unspecified atom stereocenters. The van der Waals surface area contributed by atoms with Crippen LogP contribution in [0.2, 0.25) is 0 Å². The first kappa shape index (κ1) is 14.1. The fraction of sp³-hybridized carbons (Fsp3) is 0.333. The molecule has 0 spiro atoms. The molecule has 0 bridgehead atoms. The van der Waals surface area contributed by atoms with E-state index in [2.05, 4.69) is 41.4 Å². The Hall–Kier alpha value is -2.30. The highest BCUT2D eigenvalue weighted by molar-refractivity contribution is 5.92. The van der Waals surface area contributed by atoms with Crippen LogP contribution < -0.4 is 11.1 Å². The number of aryl methyl sites for hydroxylation is 4. The molecule has 106 valence electrons. The number of hydrogen-bond acceptors (Lipinski definition) is 2. The van der Waals surface area contributed by atoms with Crippen LogP contribution >= 0.6 is 0 Å². The lowest BCUT2D eigenvalue weighted by Crippen LogP contribution is -2.22. The summed E-state index contributed by atoms with van der Waals surface area (Å²) in [5, 5.41) is 7.39. The topological polar surface area (TPSA) is 68.2 Å². The van der Waals surface area contributed by atoms with Crippen LogP contribution in [0.4, 0.5) is 5.69 Å². The van der Waals surface area contributed by atoms with Crippen molar-refractivity contribution >= 4 is 11.6 Å². The normalized spacial score (nSPS) is 11.7. The standard InChI is InChI=1S/C15H21N5/c1-10-5-6-13(7-11(10)2)18-15(16)17-9-14-8-12(3)19-20(14)4/h5-8H,9H2,1-4H3,(H3,16,17,18). The van der Waals surface area contributed by atoms with E-state index in [4.69, 9.17) is 5.73 Å². The molecule has 0 fully saturated rings. The van der Waals surface area contributed by atoms with Crippen molar-refractivity contribution < 1.29 is 0 Å². The minimum Gasteiger partial charge on any atom is -0.370 e. The van der Waals surface area contributed by atoms with E-state index in [-0.39, 0.29) is 0 Å². The van der Waals surface area contributed by atoms with Crippen molar-refractivity contribution in [1.82, 2.24) is 9.78 Å². The van der Waals surface area contributed by atoms with Gasteiger partial charge in [0, 0.05) is 12.7 Å². The predicted octanol–water partition coefficient (Wildman–Crippen LogP) is 2.27. The van der Waals surface area contributed by atoms with Crippen LogP contribution in [0, 0.1) is 20.8 Å². The zero-order valence-electron chi connectivity index (χ0n) is 12.4. The zero-order valence-corrected chi connectivity index (χ0v) is 12.4. The van der Waals surface area contributed by atoms with E-state index in [1.54, 1.807) is 0 Å². The van der Waals surface area contributed by atoms with Gasteiger partial charge in [-0.3, -0.25) is 4.68 Å². The molecule has 1 aromatic carbocycles. The maximum atomic E-state index is 5.91. The smallest absolute Gasteiger partial charge is 0.193 e. The predicted molar refractivity (Wildman–Crippen MR) is 82.8 cm³/mol. The molecular weight excluding hydrogens is 250 g/mol. The SMILES string of the molecule is Cc1cc(CN=C(N)Nc2ccc(C)c(C)c2)n(C)n1. The molecule has 0 atom stereocenters. The molecule has 0 aliphatic rings. The summed E-state index contributed by atoms with van der Waals surface area (Å²) >= 11 is 0. The molecule has 2 aromatic rings. The van der Waals surface area contributed by atoms with Crippen molar-refractivity contribution in [1.29, 1.82) is 0 Å². The van der Waals surface area contributed by atoms with E-state index >= 15 is 0 Å². The van der Waals surface area contributed by atoms with Gasteiger partial charge in [-0.15, -0.1) is 0 Å². The third-order valence-electron chi connectivity index (χ3n) is 3.29. The summed E-state index contributed by atoms with van der Waals surface area (Å²) in [7, 11) is 1.91. The molecule has 0 aliphatic heterocycles. The van der Waals surface area contributed by atoms with Crippen molar-refractivity contribution in [3.8, 4) is 0 Å². The number of guanidine groups is 1. The van der Waals surface area contributed by atoms with Gasteiger partial charge in [0.1, 0.15) is 0 Å². The summed E-state index contributed by atoms with van der Waals surface area (Å²) in [6.07, 6.45) is 0. The van der Waals surface area contributed by atoms with Gasteiger partial charge in [-0.05, 0) is 50.1 Å². The summed E-state index contributed by atoms with van der Waals surface area (Å²) in [4.78, 5) is 4.34. The first-order valence-electron chi connectivity index (χ1n) is 6.59. The lowest BCUT2D eigenvalue weighted by molar-refractivity contribution is 0.706. The summed E-state index contributed by atoms with van der Waals surface area (Å²) in [6, 6.07) is 8.13. The molecule has 0 saturated carbocycles. The maximum Gasteiger partial charge on any atom is 0.193 e. The molecule has 2 rings (SSSR count). The van der Waals surface area contributed by atoms with Crippen LogP contribution in [0.15, 0.2) is 29.3 Å². The number of nitrogens with one attached hydrogen (secondary N) is 1. The Labute approximate surface area is 119 Å². The average Bonchev–Trinajstić information content (AvgIpc) is 2.70. The number of benzene rings is 1. The zero-order chi connectivity index (χ0) is 14.7. The van der Waals surface area contributed by atoms with Crippen LogP contribution in [0.25, 0.3) is 0 Å². The second-order valence-electron chi connectivity index (χ2n) is 5.03. The van der Waals surface area contributed by atoms with Crippen LogP contribution in [0.3, 0.4) is 0 Å². The van der Waals surface area contributed by atoms with Crippen molar-refractivity contribution in [3.05, 3.63) is 46.8 Å². The summed E-state index contributed by atoms with van der Waals surface area (Å²) in [6.45, 7) is 6.64. The lowest BCUT2D eigenvalue weighted by Gasteiger charge is -2.08. The Kier molecular flexibility index (Phi) is 4.08. The van der Waals surface area contributed by atoms with E-state index in [0.29, 0.717) is 12.5 Å². The van der Waals surface area contributed by atoms with Gasteiger partial charge in [-0.1, -0.05) is 6.07 Å². The minimum atomic E-state index is 0.409. The molecule has 0 radical (unpaired) electrons. The Bertz CT molecular complexity index is 640. The van der Waals surface area contributed by atoms with Gasteiger partial charge in [-0.25, -0.2) is 4.99 Å². The van der Waals surface area contributed by atoms with E-state index < -0.39 is 0 Å². The van der Waals surface area contributed by atoms with Crippen LogP contribution in [-0.4, -0.2) is 15.7 Å². The summed E-state index contributed by atoms with van der Waals surface area (Å²) in [5.41, 5.74) is 11.4. The first-order chi connectivity index (χ1) is 9.45. The number of aromatic nitrogens is 2. The van der Waals surface area contributed by atoms with Crippen LogP contribution in [0.5, 0.6) is 0 Å². The third kappa shape index (κ3) is 3.38. The average molecular weight is 271 g/mol. The van der Waals surface area contributed by atoms with Crippen molar-refractivity contribution in [2.45, 2.75) is 27.3 Å². The molecule has 5 heteroatoms. The highest BCUT2D eigenvalue weighted by Gasteiger charge is 2.02. The highest BCUT2D eigenvalue weighted by atomic mass is 15.3. The molecule has 0 amide bonds. The van der Waals surface area contributed by atoms with E-state index in [0.717, 1.165) is 17.1 Å². The van der Waals surface area contributed by atoms with Gasteiger partial charge in [0.2, 0.25) is 0 Å². The Morgan fingerprint density at radius 2 is 2.00 bits per heavy atom. The molecule has 1 heterocycles. The first-order valence-corrected chi connectivity index (χ1v) is 6.59. The molecule has 1 aromatic heterocycles. The summed E-state index contributed by atoms with van der Waals surface area (Å²) < 4.78 is 1.82.